The Kier molecular flexibility index (Phi) is 3.28. The second kappa shape index (κ2) is 5.08. The molecule has 1 aromatic heterocycles. The van der Waals surface area contributed by atoms with E-state index in [1.807, 2.05) is 10.9 Å². The normalized spacial score (nSPS) is 14.9. The van der Waals surface area contributed by atoms with Crippen LogP contribution in [0.25, 0.3) is 0 Å². The van der Waals surface area contributed by atoms with E-state index in [4.69, 9.17) is 0 Å². The van der Waals surface area contributed by atoms with Gasteiger partial charge in [-0.3, -0.25) is 4.68 Å². The zero-order chi connectivity index (χ0) is 13.2. The lowest BCUT2D eigenvalue weighted by atomic mass is 10.1. The average Bonchev–Trinajstić information content (AvgIpc) is 3.15. The molecule has 0 saturated heterocycles. The third kappa shape index (κ3) is 2.98. The van der Waals surface area contributed by atoms with E-state index in [9.17, 15) is 0 Å². The first kappa shape index (κ1) is 12.3. The van der Waals surface area contributed by atoms with Gasteiger partial charge in [-0.1, -0.05) is 24.3 Å². The summed E-state index contributed by atoms with van der Waals surface area (Å²) in [5.74, 6) is 0.839. The lowest BCUT2D eigenvalue weighted by molar-refractivity contribution is 0.532. The maximum Gasteiger partial charge on any atom is 0.0729 e. The molecule has 2 aromatic rings. The van der Waals surface area contributed by atoms with Gasteiger partial charge in [-0.15, -0.1) is 0 Å². The zero-order valence-electron chi connectivity index (χ0n) is 11.6. The molecule has 1 saturated carbocycles. The van der Waals surface area contributed by atoms with E-state index in [1.54, 1.807) is 0 Å². The van der Waals surface area contributed by atoms with Crippen molar-refractivity contribution in [1.82, 2.24) is 9.78 Å². The molecule has 3 rings (SSSR count). The summed E-state index contributed by atoms with van der Waals surface area (Å²) in [4.78, 5) is 0. The molecule has 3 heteroatoms. The van der Waals surface area contributed by atoms with Crippen molar-refractivity contribution in [1.29, 1.82) is 0 Å². The first-order chi connectivity index (χ1) is 9.22. The molecule has 1 fully saturated rings. The summed E-state index contributed by atoms with van der Waals surface area (Å²) in [5.41, 5.74) is 3.90. The van der Waals surface area contributed by atoms with Crippen LogP contribution in [-0.2, 0) is 6.54 Å². The molecule has 0 amide bonds. The molecule has 0 radical (unpaired) electrons. The molecule has 1 aliphatic rings. The van der Waals surface area contributed by atoms with Gasteiger partial charge in [-0.25, -0.2) is 0 Å². The highest BCUT2D eigenvalue weighted by Gasteiger charge is 2.22. The summed E-state index contributed by atoms with van der Waals surface area (Å²) in [6.45, 7) is 5.12. The Morgan fingerprint density at radius 1 is 1.26 bits per heavy atom. The Bertz CT molecular complexity index is 535. The summed E-state index contributed by atoms with van der Waals surface area (Å²) in [5, 5.41) is 7.74. The quantitative estimate of drug-likeness (QED) is 0.876. The van der Waals surface area contributed by atoms with Crippen LogP contribution < -0.4 is 5.32 Å². The maximum absolute atomic E-state index is 4.33. The summed E-state index contributed by atoms with van der Waals surface area (Å²) in [7, 11) is 0. The van der Waals surface area contributed by atoms with Crippen LogP contribution in [0.4, 0.5) is 5.69 Å². The van der Waals surface area contributed by atoms with Gasteiger partial charge in [0.05, 0.1) is 11.9 Å². The van der Waals surface area contributed by atoms with Crippen molar-refractivity contribution < 1.29 is 0 Å². The van der Waals surface area contributed by atoms with Gasteiger partial charge in [-0.2, -0.15) is 5.10 Å². The number of nitrogens with zero attached hydrogens (tertiary/aromatic N) is 2. The van der Waals surface area contributed by atoms with Gasteiger partial charge in [0.2, 0.25) is 0 Å². The summed E-state index contributed by atoms with van der Waals surface area (Å²) >= 11 is 0. The van der Waals surface area contributed by atoms with Crippen molar-refractivity contribution in [2.75, 3.05) is 5.32 Å². The van der Waals surface area contributed by atoms with Gasteiger partial charge >= 0.3 is 0 Å². The number of anilines is 1. The van der Waals surface area contributed by atoms with Crippen molar-refractivity contribution in [3.05, 3.63) is 47.8 Å². The maximum atomic E-state index is 4.33. The van der Waals surface area contributed by atoms with Crippen LogP contribution in [0, 0.1) is 0 Å². The lowest BCUT2D eigenvalue weighted by Gasteiger charge is -2.06. The van der Waals surface area contributed by atoms with Crippen LogP contribution in [0.1, 0.15) is 49.8 Å². The highest BCUT2D eigenvalue weighted by atomic mass is 15.3. The molecule has 100 valence electrons. The fourth-order valence-electron chi connectivity index (χ4n) is 2.24. The first-order valence-electron chi connectivity index (χ1n) is 7.09. The predicted molar refractivity (Wildman–Crippen MR) is 78.4 cm³/mol. The molecule has 1 aromatic carbocycles. The smallest absolute Gasteiger partial charge is 0.0729 e. The van der Waals surface area contributed by atoms with Crippen LogP contribution in [0.15, 0.2) is 36.7 Å². The Morgan fingerprint density at radius 3 is 2.58 bits per heavy atom. The minimum absolute atomic E-state index is 0.411. The van der Waals surface area contributed by atoms with Gasteiger partial charge in [-0.05, 0) is 43.7 Å². The number of benzene rings is 1. The van der Waals surface area contributed by atoms with Crippen molar-refractivity contribution >= 4 is 5.69 Å². The molecule has 1 heterocycles. The monoisotopic (exact) mass is 255 g/mol. The van der Waals surface area contributed by atoms with Crippen LogP contribution >= 0.6 is 0 Å². The third-order valence-corrected chi connectivity index (χ3v) is 3.66. The highest BCUT2D eigenvalue weighted by Crippen LogP contribution is 2.39. The Morgan fingerprint density at radius 2 is 2.00 bits per heavy atom. The fourth-order valence-corrected chi connectivity index (χ4v) is 2.24. The number of rotatable bonds is 5. The Hall–Kier alpha value is -1.77. The minimum Gasteiger partial charge on any atom is -0.378 e. The summed E-state index contributed by atoms with van der Waals surface area (Å²) in [6.07, 6.45) is 6.68. The third-order valence-electron chi connectivity index (χ3n) is 3.66. The van der Waals surface area contributed by atoms with E-state index in [1.165, 1.54) is 24.0 Å². The Labute approximate surface area is 114 Å². The standard InChI is InChI=1S/C16H21N3/c1-12(2)19-11-16(10-18-19)17-9-13-3-5-14(6-4-13)15-7-8-15/h3-6,10-12,15,17H,7-9H2,1-2H3. The van der Waals surface area contributed by atoms with Gasteiger partial charge in [0, 0.05) is 18.8 Å². The number of aromatic nitrogens is 2. The molecule has 1 N–H and O–H groups in total. The first-order valence-corrected chi connectivity index (χ1v) is 7.09. The number of hydrogen-bond acceptors (Lipinski definition) is 2. The molecular weight excluding hydrogens is 234 g/mol. The SMILES string of the molecule is CC(C)n1cc(NCc2ccc(C3CC3)cc2)cn1. The van der Waals surface area contributed by atoms with Crippen molar-refractivity contribution in [3.8, 4) is 0 Å². The van der Waals surface area contributed by atoms with Crippen LogP contribution in [-0.4, -0.2) is 9.78 Å². The van der Waals surface area contributed by atoms with Gasteiger partial charge in [0.25, 0.3) is 0 Å². The molecule has 1 aliphatic carbocycles. The number of hydrogen-bond donors (Lipinski definition) is 1. The molecule has 0 aliphatic heterocycles. The largest absolute Gasteiger partial charge is 0.378 e. The molecule has 19 heavy (non-hydrogen) atoms. The van der Waals surface area contributed by atoms with Crippen LogP contribution in [0.3, 0.4) is 0 Å². The zero-order valence-corrected chi connectivity index (χ0v) is 11.6. The predicted octanol–water partition coefficient (Wildman–Crippen LogP) is 3.95. The van der Waals surface area contributed by atoms with Gasteiger partial charge < -0.3 is 5.32 Å². The molecule has 0 unspecified atom stereocenters. The summed E-state index contributed by atoms with van der Waals surface area (Å²) in [6, 6.07) is 9.41. The van der Waals surface area contributed by atoms with E-state index in [0.29, 0.717) is 6.04 Å². The summed E-state index contributed by atoms with van der Waals surface area (Å²) < 4.78 is 1.97. The topological polar surface area (TPSA) is 29.9 Å². The van der Waals surface area contributed by atoms with E-state index in [0.717, 1.165) is 18.2 Å². The van der Waals surface area contributed by atoms with E-state index < -0.39 is 0 Å². The van der Waals surface area contributed by atoms with Gasteiger partial charge in [0.15, 0.2) is 0 Å². The van der Waals surface area contributed by atoms with Crippen LogP contribution in [0.5, 0.6) is 0 Å². The second-order valence-corrected chi connectivity index (χ2v) is 5.67. The van der Waals surface area contributed by atoms with Gasteiger partial charge in [0.1, 0.15) is 0 Å². The number of nitrogens with one attached hydrogen (secondary N) is 1. The molecule has 0 bridgehead atoms. The second-order valence-electron chi connectivity index (χ2n) is 5.67. The van der Waals surface area contributed by atoms with Crippen molar-refractivity contribution in [2.24, 2.45) is 0 Å². The van der Waals surface area contributed by atoms with Crippen LogP contribution in [0.2, 0.25) is 0 Å². The molecule has 0 spiro atoms. The highest BCUT2D eigenvalue weighted by molar-refractivity contribution is 5.39. The fraction of sp³-hybridized carbons (Fsp3) is 0.438. The van der Waals surface area contributed by atoms with E-state index in [2.05, 4.69) is 54.7 Å². The minimum atomic E-state index is 0.411. The molecule has 3 nitrogen and oxygen atoms in total. The van der Waals surface area contributed by atoms with E-state index >= 15 is 0 Å². The molecule has 0 atom stereocenters. The lowest BCUT2D eigenvalue weighted by Crippen LogP contribution is -2.01. The van der Waals surface area contributed by atoms with Crippen molar-refractivity contribution in [3.63, 3.8) is 0 Å². The molecular formula is C16H21N3. The Balaban J connectivity index is 1.58. The van der Waals surface area contributed by atoms with E-state index in [-0.39, 0.29) is 0 Å². The average molecular weight is 255 g/mol. The van der Waals surface area contributed by atoms with Crippen molar-refractivity contribution in [2.45, 2.75) is 45.2 Å².